The zero-order valence-electron chi connectivity index (χ0n) is 6.63. The van der Waals surface area contributed by atoms with Gasteiger partial charge in [0.05, 0.1) is 0 Å². The highest BCUT2D eigenvalue weighted by atomic mass is 32.1. The molecule has 0 radical (unpaired) electrons. The molecule has 66 valence electrons. The van der Waals surface area contributed by atoms with Crippen molar-refractivity contribution in [2.45, 2.75) is 13.3 Å². The SMILES string of the molecule is CCCNC(=O)c1csc(F)n1. The Balaban J connectivity index is 2.53. The number of nitrogens with zero attached hydrogens (tertiary/aromatic N) is 1. The molecule has 1 aromatic rings. The molecular weight excluding hydrogens is 179 g/mol. The average molecular weight is 188 g/mol. The Morgan fingerprint density at radius 2 is 2.58 bits per heavy atom. The minimum atomic E-state index is -0.573. The number of carbonyl (C=O) groups excluding carboxylic acids is 1. The number of aromatic nitrogens is 1. The van der Waals surface area contributed by atoms with E-state index in [1.54, 1.807) is 0 Å². The number of nitrogens with one attached hydrogen (secondary N) is 1. The Kier molecular flexibility index (Phi) is 3.16. The maximum atomic E-state index is 12.3. The summed E-state index contributed by atoms with van der Waals surface area (Å²) in [6.45, 7) is 2.54. The fourth-order valence-corrected chi connectivity index (χ4v) is 1.20. The molecule has 0 saturated carbocycles. The van der Waals surface area contributed by atoms with Gasteiger partial charge in [-0.2, -0.15) is 4.39 Å². The van der Waals surface area contributed by atoms with E-state index in [9.17, 15) is 9.18 Å². The zero-order valence-corrected chi connectivity index (χ0v) is 7.45. The van der Waals surface area contributed by atoms with Gasteiger partial charge in [0.25, 0.3) is 11.2 Å². The third kappa shape index (κ3) is 2.27. The largest absolute Gasteiger partial charge is 0.351 e. The molecule has 1 heterocycles. The summed E-state index contributed by atoms with van der Waals surface area (Å²) < 4.78 is 12.3. The maximum absolute atomic E-state index is 12.3. The van der Waals surface area contributed by atoms with Gasteiger partial charge in [-0.1, -0.05) is 18.3 Å². The minimum Gasteiger partial charge on any atom is -0.351 e. The summed E-state index contributed by atoms with van der Waals surface area (Å²) in [5, 5.41) is 3.43. The molecule has 0 atom stereocenters. The standard InChI is InChI=1S/C7H9FN2OS/c1-2-3-9-6(11)5-4-12-7(8)10-5/h4H,2-3H2,1H3,(H,9,11). The van der Waals surface area contributed by atoms with Gasteiger partial charge in [-0.05, 0) is 6.42 Å². The monoisotopic (exact) mass is 188 g/mol. The zero-order chi connectivity index (χ0) is 8.97. The van der Waals surface area contributed by atoms with Gasteiger partial charge in [0, 0.05) is 11.9 Å². The van der Waals surface area contributed by atoms with Gasteiger partial charge in [-0.25, -0.2) is 4.98 Å². The second-order valence-electron chi connectivity index (χ2n) is 2.24. The van der Waals surface area contributed by atoms with Crippen LogP contribution in [0.3, 0.4) is 0 Å². The smallest absolute Gasteiger partial charge is 0.270 e. The number of rotatable bonds is 3. The predicted octanol–water partition coefficient (Wildman–Crippen LogP) is 1.42. The van der Waals surface area contributed by atoms with Crippen molar-refractivity contribution in [3.63, 3.8) is 0 Å². The first-order chi connectivity index (χ1) is 5.74. The Bertz CT molecular complexity index is 274. The number of thiazole rings is 1. The molecule has 0 saturated heterocycles. The quantitative estimate of drug-likeness (QED) is 0.779. The molecule has 3 nitrogen and oxygen atoms in total. The number of hydrogen-bond acceptors (Lipinski definition) is 3. The average Bonchev–Trinajstić information content (AvgIpc) is 2.47. The Hall–Kier alpha value is -0.970. The first-order valence-corrected chi connectivity index (χ1v) is 4.51. The predicted molar refractivity (Wildman–Crippen MR) is 44.7 cm³/mol. The molecule has 0 spiro atoms. The van der Waals surface area contributed by atoms with E-state index in [4.69, 9.17) is 0 Å². The highest BCUT2D eigenvalue weighted by Crippen LogP contribution is 2.06. The van der Waals surface area contributed by atoms with Crippen LogP contribution in [0.4, 0.5) is 4.39 Å². The van der Waals surface area contributed by atoms with E-state index in [0.29, 0.717) is 6.54 Å². The number of halogens is 1. The number of amides is 1. The molecule has 1 amide bonds. The summed E-state index contributed by atoms with van der Waals surface area (Å²) in [5.74, 6) is -0.308. The molecule has 1 aromatic heterocycles. The first kappa shape index (κ1) is 9.12. The lowest BCUT2D eigenvalue weighted by Crippen LogP contribution is -2.24. The lowest BCUT2D eigenvalue weighted by atomic mass is 10.4. The Labute approximate surface area is 73.6 Å². The molecule has 0 unspecified atom stereocenters. The van der Waals surface area contributed by atoms with Crippen LogP contribution in [0.15, 0.2) is 5.38 Å². The van der Waals surface area contributed by atoms with Gasteiger partial charge in [0.1, 0.15) is 5.69 Å². The van der Waals surface area contributed by atoms with Gasteiger partial charge >= 0.3 is 0 Å². The summed E-state index contributed by atoms with van der Waals surface area (Å²) in [6, 6.07) is 0. The minimum absolute atomic E-state index is 0.158. The molecule has 5 heteroatoms. The van der Waals surface area contributed by atoms with E-state index in [1.807, 2.05) is 6.92 Å². The van der Waals surface area contributed by atoms with Crippen molar-refractivity contribution < 1.29 is 9.18 Å². The van der Waals surface area contributed by atoms with Crippen molar-refractivity contribution in [1.29, 1.82) is 0 Å². The van der Waals surface area contributed by atoms with E-state index in [0.717, 1.165) is 17.8 Å². The Morgan fingerprint density at radius 1 is 1.83 bits per heavy atom. The van der Waals surface area contributed by atoms with Gasteiger partial charge < -0.3 is 5.32 Å². The molecule has 1 rings (SSSR count). The van der Waals surface area contributed by atoms with E-state index < -0.39 is 5.26 Å². The lowest BCUT2D eigenvalue weighted by Gasteiger charge is -1.97. The van der Waals surface area contributed by atoms with E-state index in [2.05, 4.69) is 10.3 Å². The summed E-state index contributed by atoms with van der Waals surface area (Å²) in [4.78, 5) is 14.5. The second kappa shape index (κ2) is 4.15. The van der Waals surface area contributed by atoms with Crippen molar-refractivity contribution in [2.24, 2.45) is 0 Å². The molecule has 0 bridgehead atoms. The van der Waals surface area contributed by atoms with Crippen LogP contribution in [0.25, 0.3) is 0 Å². The molecule has 12 heavy (non-hydrogen) atoms. The fourth-order valence-electron chi connectivity index (χ4n) is 0.685. The van der Waals surface area contributed by atoms with Gasteiger partial charge in [-0.15, -0.1) is 0 Å². The normalized spacial score (nSPS) is 9.83. The molecular formula is C7H9FN2OS. The van der Waals surface area contributed by atoms with Crippen LogP contribution in [-0.4, -0.2) is 17.4 Å². The third-order valence-corrected chi connectivity index (χ3v) is 1.87. The van der Waals surface area contributed by atoms with Crippen molar-refractivity contribution in [2.75, 3.05) is 6.54 Å². The van der Waals surface area contributed by atoms with Crippen LogP contribution < -0.4 is 5.32 Å². The summed E-state index contributed by atoms with van der Waals surface area (Å²) >= 11 is 0.828. The van der Waals surface area contributed by atoms with E-state index in [1.165, 1.54) is 5.38 Å². The highest BCUT2D eigenvalue weighted by Gasteiger charge is 2.08. The van der Waals surface area contributed by atoms with Crippen LogP contribution in [0.5, 0.6) is 0 Å². The molecule has 0 fully saturated rings. The molecule has 0 aromatic carbocycles. The Morgan fingerprint density at radius 3 is 3.08 bits per heavy atom. The van der Waals surface area contributed by atoms with Crippen molar-refractivity contribution in [3.05, 3.63) is 16.3 Å². The lowest BCUT2D eigenvalue weighted by molar-refractivity contribution is 0.0948. The van der Waals surface area contributed by atoms with Crippen molar-refractivity contribution >= 4 is 17.2 Å². The number of hydrogen-bond donors (Lipinski definition) is 1. The summed E-state index contributed by atoms with van der Waals surface area (Å²) in [5.41, 5.74) is 0.158. The van der Waals surface area contributed by atoms with Crippen LogP contribution in [-0.2, 0) is 0 Å². The second-order valence-corrected chi connectivity index (χ2v) is 3.05. The molecule has 1 N–H and O–H groups in total. The van der Waals surface area contributed by atoms with E-state index in [-0.39, 0.29) is 11.6 Å². The molecule has 0 aliphatic carbocycles. The highest BCUT2D eigenvalue weighted by molar-refractivity contribution is 7.08. The number of carbonyl (C=O) groups is 1. The van der Waals surface area contributed by atoms with Crippen LogP contribution in [0.1, 0.15) is 23.8 Å². The van der Waals surface area contributed by atoms with Crippen LogP contribution in [0.2, 0.25) is 0 Å². The van der Waals surface area contributed by atoms with Crippen LogP contribution in [0, 0.1) is 5.26 Å². The van der Waals surface area contributed by atoms with Gasteiger partial charge in [0.2, 0.25) is 0 Å². The van der Waals surface area contributed by atoms with Crippen molar-refractivity contribution in [1.82, 2.24) is 10.3 Å². The topological polar surface area (TPSA) is 42.0 Å². The molecule has 0 aliphatic heterocycles. The van der Waals surface area contributed by atoms with Gasteiger partial charge in [0.15, 0.2) is 0 Å². The van der Waals surface area contributed by atoms with Crippen LogP contribution >= 0.6 is 11.3 Å². The van der Waals surface area contributed by atoms with Gasteiger partial charge in [-0.3, -0.25) is 4.79 Å². The molecule has 0 aliphatic rings. The first-order valence-electron chi connectivity index (χ1n) is 3.63. The maximum Gasteiger partial charge on any atom is 0.270 e. The van der Waals surface area contributed by atoms with Crippen molar-refractivity contribution in [3.8, 4) is 0 Å². The fraction of sp³-hybridized carbons (Fsp3) is 0.429. The van der Waals surface area contributed by atoms with E-state index >= 15 is 0 Å². The summed E-state index contributed by atoms with van der Waals surface area (Å²) in [6.07, 6.45) is 0.859. The summed E-state index contributed by atoms with van der Waals surface area (Å²) in [7, 11) is 0. The third-order valence-electron chi connectivity index (χ3n) is 1.24.